The number of unbranched alkanes of at least 4 members (excludes halogenated alkanes) is 3. The summed E-state index contributed by atoms with van der Waals surface area (Å²) >= 11 is 8.24. The molecule has 2 aromatic rings. The Morgan fingerprint density at radius 3 is 2.62 bits per heavy atom. The molecule has 0 saturated heterocycles. The SMILES string of the molecule is CC(C)CCCCCCNCc1sc2ccccc2c1Cl. The summed E-state index contributed by atoms with van der Waals surface area (Å²) in [6.07, 6.45) is 6.70. The van der Waals surface area contributed by atoms with Gasteiger partial charge in [0.1, 0.15) is 0 Å². The first kappa shape index (κ1) is 16.8. The molecule has 21 heavy (non-hydrogen) atoms. The summed E-state index contributed by atoms with van der Waals surface area (Å²) in [4.78, 5) is 1.26. The van der Waals surface area contributed by atoms with Gasteiger partial charge < -0.3 is 5.32 Å². The van der Waals surface area contributed by atoms with Crippen LogP contribution in [0.4, 0.5) is 0 Å². The zero-order valence-electron chi connectivity index (χ0n) is 13.1. The number of fused-ring (bicyclic) bond motifs is 1. The predicted molar refractivity (Wildman–Crippen MR) is 96.5 cm³/mol. The average molecular weight is 324 g/mol. The predicted octanol–water partition coefficient (Wildman–Crippen LogP) is 6.25. The van der Waals surface area contributed by atoms with Crippen molar-refractivity contribution in [2.45, 2.75) is 52.5 Å². The minimum absolute atomic E-state index is 0.846. The molecule has 1 aromatic heterocycles. The lowest BCUT2D eigenvalue weighted by molar-refractivity contribution is 0.512. The van der Waals surface area contributed by atoms with E-state index in [4.69, 9.17) is 11.6 Å². The molecular weight excluding hydrogens is 298 g/mol. The highest BCUT2D eigenvalue weighted by Crippen LogP contribution is 2.34. The van der Waals surface area contributed by atoms with Gasteiger partial charge in [-0.3, -0.25) is 0 Å². The van der Waals surface area contributed by atoms with Gasteiger partial charge in [-0.25, -0.2) is 0 Å². The van der Waals surface area contributed by atoms with Crippen molar-refractivity contribution in [3.63, 3.8) is 0 Å². The standard InChI is InChI=1S/C18H26ClNS/c1-14(2)9-5-3-4-8-12-20-13-17-18(19)15-10-6-7-11-16(15)21-17/h6-7,10-11,14,20H,3-5,8-9,12-13H2,1-2H3. The lowest BCUT2D eigenvalue weighted by Crippen LogP contribution is -2.13. The lowest BCUT2D eigenvalue weighted by Gasteiger charge is -2.05. The third kappa shape index (κ3) is 5.28. The second-order valence-corrected chi connectivity index (χ2v) is 7.62. The zero-order valence-corrected chi connectivity index (χ0v) is 14.7. The molecule has 116 valence electrons. The first-order chi connectivity index (χ1) is 10.2. The number of halogens is 1. The van der Waals surface area contributed by atoms with Crippen molar-refractivity contribution in [2.24, 2.45) is 5.92 Å². The van der Waals surface area contributed by atoms with E-state index in [1.807, 2.05) is 0 Å². The topological polar surface area (TPSA) is 12.0 Å². The van der Waals surface area contributed by atoms with Gasteiger partial charge in [-0.15, -0.1) is 11.3 Å². The maximum absolute atomic E-state index is 6.44. The molecule has 0 aliphatic rings. The summed E-state index contributed by atoms with van der Waals surface area (Å²) < 4.78 is 1.29. The summed E-state index contributed by atoms with van der Waals surface area (Å²) in [5.41, 5.74) is 0. The molecule has 0 atom stereocenters. The van der Waals surface area contributed by atoms with Gasteiger partial charge in [-0.05, 0) is 24.9 Å². The molecule has 0 bridgehead atoms. The van der Waals surface area contributed by atoms with E-state index in [-0.39, 0.29) is 0 Å². The second-order valence-electron chi connectivity index (χ2n) is 6.11. The van der Waals surface area contributed by atoms with E-state index in [1.54, 1.807) is 11.3 Å². The van der Waals surface area contributed by atoms with Crippen molar-refractivity contribution < 1.29 is 0 Å². The monoisotopic (exact) mass is 323 g/mol. The highest BCUT2D eigenvalue weighted by molar-refractivity contribution is 7.19. The van der Waals surface area contributed by atoms with Crippen LogP contribution in [-0.4, -0.2) is 6.54 Å². The smallest absolute Gasteiger partial charge is 0.0636 e. The minimum atomic E-state index is 0.846. The Morgan fingerprint density at radius 1 is 1.10 bits per heavy atom. The average Bonchev–Trinajstić information content (AvgIpc) is 2.79. The van der Waals surface area contributed by atoms with Crippen LogP contribution in [0.1, 0.15) is 50.8 Å². The molecule has 1 nitrogen and oxygen atoms in total. The molecular formula is C18H26ClNS. The van der Waals surface area contributed by atoms with Crippen LogP contribution in [0.5, 0.6) is 0 Å². The molecule has 0 radical (unpaired) electrons. The number of hydrogen-bond donors (Lipinski definition) is 1. The Labute approximate surface area is 137 Å². The van der Waals surface area contributed by atoms with Gasteiger partial charge in [0.25, 0.3) is 0 Å². The van der Waals surface area contributed by atoms with Crippen LogP contribution in [0.25, 0.3) is 10.1 Å². The van der Waals surface area contributed by atoms with E-state index in [0.29, 0.717) is 0 Å². The maximum atomic E-state index is 6.44. The fraction of sp³-hybridized carbons (Fsp3) is 0.556. The Morgan fingerprint density at radius 2 is 1.86 bits per heavy atom. The van der Waals surface area contributed by atoms with E-state index in [1.165, 1.54) is 47.1 Å². The van der Waals surface area contributed by atoms with Gasteiger partial charge in [0.15, 0.2) is 0 Å². The van der Waals surface area contributed by atoms with Gasteiger partial charge in [0.2, 0.25) is 0 Å². The fourth-order valence-electron chi connectivity index (χ4n) is 2.54. The third-order valence-electron chi connectivity index (χ3n) is 3.77. The van der Waals surface area contributed by atoms with Gasteiger partial charge in [0, 0.05) is 21.5 Å². The van der Waals surface area contributed by atoms with Crippen LogP contribution >= 0.6 is 22.9 Å². The van der Waals surface area contributed by atoms with Gasteiger partial charge in [0.05, 0.1) is 5.02 Å². The lowest BCUT2D eigenvalue weighted by atomic mass is 10.0. The number of nitrogens with one attached hydrogen (secondary N) is 1. The summed E-state index contributed by atoms with van der Waals surface area (Å²) in [5.74, 6) is 0.846. The maximum Gasteiger partial charge on any atom is 0.0636 e. The van der Waals surface area contributed by atoms with E-state index < -0.39 is 0 Å². The van der Waals surface area contributed by atoms with Crippen LogP contribution in [0.15, 0.2) is 24.3 Å². The quantitative estimate of drug-likeness (QED) is 0.538. The van der Waals surface area contributed by atoms with Crippen LogP contribution in [0.2, 0.25) is 5.02 Å². The van der Waals surface area contributed by atoms with Crippen molar-refractivity contribution in [1.82, 2.24) is 5.32 Å². The van der Waals surface area contributed by atoms with Crippen LogP contribution in [0.3, 0.4) is 0 Å². The van der Waals surface area contributed by atoms with Crippen molar-refractivity contribution >= 4 is 33.0 Å². The van der Waals surface area contributed by atoms with Crippen molar-refractivity contribution in [3.05, 3.63) is 34.2 Å². The number of thiophene rings is 1. The Balaban J connectivity index is 1.65. The Kier molecular flexibility index (Phi) is 7.01. The summed E-state index contributed by atoms with van der Waals surface area (Å²) in [6.45, 7) is 6.59. The molecule has 1 N–H and O–H groups in total. The zero-order chi connectivity index (χ0) is 15.1. The molecule has 0 saturated carbocycles. The van der Waals surface area contributed by atoms with Crippen LogP contribution in [-0.2, 0) is 6.54 Å². The summed E-state index contributed by atoms with van der Waals surface area (Å²) in [5, 5.41) is 5.65. The van der Waals surface area contributed by atoms with Gasteiger partial charge in [-0.1, -0.05) is 69.3 Å². The molecule has 0 aliphatic heterocycles. The van der Waals surface area contributed by atoms with Crippen molar-refractivity contribution in [2.75, 3.05) is 6.54 Å². The normalized spacial score (nSPS) is 11.6. The first-order valence-electron chi connectivity index (χ1n) is 8.05. The van der Waals surface area contributed by atoms with E-state index in [0.717, 1.165) is 24.0 Å². The third-order valence-corrected chi connectivity index (χ3v) is 5.49. The molecule has 3 heteroatoms. The largest absolute Gasteiger partial charge is 0.312 e. The Hall–Kier alpha value is -0.570. The second kappa shape index (κ2) is 8.77. The minimum Gasteiger partial charge on any atom is -0.312 e. The van der Waals surface area contributed by atoms with Crippen LogP contribution in [0, 0.1) is 5.92 Å². The molecule has 1 aromatic carbocycles. The van der Waals surface area contributed by atoms with E-state index >= 15 is 0 Å². The van der Waals surface area contributed by atoms with Crippen LogP contribution < -0.4 is 5.32 Å². The summed E-state index contributed by atoms with van der Waals surface area (Å²) in [7, 11) is 0. The molecule has 0 amide bonds. The molecule has 2 rings (SSSR count). The van der Waals surface area contributed by atoms with Crippen molar-refractivity contribution in [1.29, 1.82) is 0 Å². The first-order valence-corrected chi connectivity index (χ1v) is 9.24. The highest BCUT2D eigenvalue weighted by Gasteiger charge is 2.08. The number of rotatable bonds is 9. The van der Waals surface area contributed by atoms with Gasteiger partial charge in [-0.2, -0.15) is 0 Å². The fourth-order valence-corrected chi connectivity index (χ4v) is 4.01. The van der Waals surface area contributed by atoms with Gasteiger partial charge >= 0.3 is 0 Å². The number of benzene rings is 1. The highest BCUT2D eigenvalue weighted by atomic mass is 35.5. The number of hydrogen-bond acceptors (Lipinski definition) is 2. The molecule has 1 heterocycles. The molecule has 0 spiro atoms. The Bertz CT molecular complexity index is 547. The molecule has 0 unspecified atom stereocenters. The molecule has 0 fully saturated rings. The van der Waals surface area contributed by atoms with E-state index in [9.17, 15) is 0 Å². The summed E-state index contributed by atoms with van der Waals surface area (Å²) in [6, 6.07) is 8.37. The molecule has 0 aliphatic carbocycles. The van der Waals surface area contributed by atoms with Crippen molar-refractivity contribution in [3.8, 4) is 0 Å². The van der Waals surface area contributed by atoms with E-state index in [2.05, 4.69) is 43.4 Å².